The van der Waals surface area contributed by atoms with Gasteiger partial charge in [-0.05, 0) is 35.6 Å². The van der Waals surface area contributed by atoms with Crippen LogP contribution in [0.4, 0.5) is 0 Å². The second-order valence-corrected chi connectivity index (χ2v) is 6.21. The molecule has 2 aromatic rings. The quantitative estimate of drug-likeness (QED) is 0.671. The topological polar surface area (TPSA) is 57.4 Å². The summed E-state index contributed by atoms with van der Waals surface area (Å²) in [6, 6.07) is 8.60. The molecule has 3 N–H and O–H groups in total. The predicted octanol–water partition coefficient (Wildman–Crippen LogP) is 2.07. The Kier molecular flexibility index (Phi) is 4.16. The summed E-state index contributed by atoms with van der Waals surface area (Å²) < 4.78 is 0. The number of H-pyrrole nitrogens is 1. The summed E-state index contributed by atoms with van der Waals surface area (Å²) >= 11 is 1.98. The highest BCUT2D eigenvalue weighted by Gasteiger charge is 2.11. The lowest BCUT2D eigenvalue weighted by Gasteiger charge is -2.27. The van der Waals surface area contributed by atoms with E-state index in [1.807, 2.05) is 18.0 Å². The van der Waals surface area contributed by atoms with Crippen LogP contribution >= 0.6 is 11.8 Å². The Hall–Kier alpha value is -1.62. The number of guanidine groups is 1. The maximum absolute atomic E-state index is 6.05. The zero-order valence-corrected chi connectivity index (χ0v) is 12.3. The van der Waals surface area contributed by atoms with Gasteiger partial charge in [0.05, 0.1) is 0 Å². The molecule has 0 saturated carbocycles. The van der Waals surface area contributed by atoms with Crippen LogP contribution in [0.3, 0.4) is 0 Å². The number of hydrogen-bond donors (Lipinski definition) is 2. The van der Waals surface area contributed by atoms with Crippen molar-refractivity contribution in [2.24, 2.45) is 10.7 Å². The molecule has 1 fully saturated rings. The molecular weight excluding hydrogens is 268 g/mol. The Morgan fingerprint density at radius 1 is 1.30 bits per heavy atom. The Morgan fingerprint density at radius 3 is 3.00 bits per heavy atom. The van der Waals surface area contributed by atoms with Crippen LogP contribution in [-0.4, -0.2) is 47.0 Å². The first kappa shape index (κ1) is 13.4. The molecule has 0 aliphatic carbocycles. The van der Waals surface area contributed by atoms with Crippen molar-refractivity contribution in [3.05, 3.63) is 36.0 Å². The third-order valence-corrected chi connectivity index (χ3v) is 4.57. The van der Waals surface area contributed by atoms with Crippen LogP contribution in [0.1, 0.15) is 5.56 Å². The highest BCUT2D eigenvalue weighted by molar-refractivity contribution is 7.99. The minimum atomic E-state index is 0.702. The van der Waals surface area contributed by atoms with Crippen molar-refractivity contribution in [3.8, 4) is 0 Å². The minimum Gasteiger partial charge on any atom is -0.370 e. The van der Waals surface area contributed by atoms with Gasteiger partial charge in [-0.3, -0.25) is 4.99 Å². The number of rotatable bonds is 3. The molecule has 3 rings (SSSR count). The van der Waals surface area contributed by atoms with Gasteiger partial charge in [-0.1, -0.05) is 6.07 Å². The standard InChI is InChI=1S/C15H20N4S/c16-15(19-7-9-20-10-8-19)18-5-3-12-1-2-14-13(11-12)4-6-17-14/h1-2,4,6,11,17H,3,5,7-10H2,(H2,16,18). The summed E-state index contributed by atoms with van der Waals surface area (Å²) in [6.07, 6.45) is 2.91. The number of nitrogens with one attached hydrogen (secondary N) is 1. The average Bonchev–Trinajstić information content (AvgIpc) is 2.95. The van der Waals surface area contributed by atoms with Gasteiger partial charge in [0.2, 0.25) is 0 Å². The maximum atomic E-state index is 6.05. The number of aliphatic imine (C=N–C) groups is 1. The van der Waals surface area contributed by atoms with E-state index in [2.05, 4.69) is 39.1 Å². The van der Waals surface area contributed by atoms with E-state index >= 15 is 0 Å². The molecule has 0 bridgehead atoms. The largest absolute Gasteiger partial charge is 0.370 e. The Bertz CT molecular complexity index is 599. The van der Waals surface area contributed by atoms with E-state index in [4.69, 9.17) is 5.73 Å². The molecule has 0 amide bonds. The van der Waals surface area contributed by atoms with E-state index in [0.717, 1.165) is 37.6 Å². The van der Waals surface area contributed by atoms with Crippen molar-refractivity contribution in [1.29, 1.82) is 0 Å². The second kappa shape index (κ2) is 6.22. The van der Waals surface area contributed by atoms with Gasteiger partial charge in [-0.25, -0.2) is 0 Å². The smallest absolute Gasteiger partial charge is 0.191 e. The van der Waals surface area contributed by atoms with E-state index in [9.17, 15) is 0 Å². The predicted molar refractivity (Wildman–Crippen MR) is 87.4 cm³/mol. The van der Waals surface area contributed by atoms with E-state index in [-0.39, 0.29) is 0 Å². The van der Waals surface area contributed by atoms with E-state index in [0.29, 0.717) is 5.96 Å². The molecule has 1 saturated heterocycles. The second-order valence-electron chi connectivity index (χ2n) is 4.99. The molecule has 1 aromatic carbocycles. The van der Waals surface area contributed by atoms with Crippen molar-refractivity contribution in [1.82, 2.24) is 9.88 Å². The number of hydrogen-bond acceptors (Lipinski definition) is 2. The average molecular weight is 288 g/mol. The zero-order chi connectivity index (χ0) is 13.8. The number of aromatic amines is 1. The first-order valence-electron chi connectivity index (χ1n) is 7.01. The van der Waals surface area contributed by atoms with Crippen molar-refractivity contribution in [2.75, 3.05) is 31.1 Å². The first-order valence-corrected chi connectivity index (χ1v) is 8.17. The van der Waals surface area contributed by atoms with Crippen LogP contribution in [0.5, 0.6) is 0 Å². The van der Waals surface area contributed by atoms with Crippen LogP contribution in [0.15, 0.2) is 35.5 Å². The van der Waals surface area contributed by atoms with Gasteiger partial charge in [0.1, 0.15) is 0 Å². The number of nitrogens with two attached hydrogens (primary N) is 1. The molecule has 20 heavy (non-hydrogen) atoms. The molecular formula is C15H20N4S. The van der Waals surface area contributed by atoms with Crippen LogP contribution in [0, 0.1) is 0 Å². The van der Waals surface area contributed by atoms with Crippen molar-refractivity contribution >= 4 is 28.6 Å². The van der Waals surface area contributed by atoms with E-state index < -0.39 is 0 Å². The summed E-state index contributed by atoms with van der Waals surface area (Å²) in [5.41, 5.74) is 8.54. The summed E-state index contributed by atoms with van der Waals surface area (Å²) in [4.78, 5) is 9.91. The Balaban J connectivity index is 1.58. The highest BCUT2D eigenvalue weighted by Crippen LogP contribution is 2.14. The van der Waals surface area contributed by atoms with Crippen LogP contribution in [0.25, 0.3) is 10.9 Å². The SMILES string of the molecule is NC(=NCCc1ccc2[nH]ccc2c1)N1CCSCC1. The highest BCUT2D eigenvalue weighted by atomic mass is 32.2. The van der Waals surface area contributed by atoms with Gasteiger partial charge in [0, 0.05) is 42.9 Å². The molecule has 2 heterocycles. The van der Waals surface area contributed by atoms with Crippen molar-refractivity contribution in [2.45, 2.75) is 6.42 Å². The molecule has 0 spiro atoms. The van der Waals surface area contributed by atoms with E-state index in [1.165, 1.54) is 16.5 Å². The minimum absolute atomic E-state index is 0.702. The molecule has 106 valence electrons. The van der Waals surface area contributed by atoms with Gasteiger partial charge < -0.3 is 15.6 Å². The molecule has 0 atom stereocenters. The molecule has 0 unspecified atom stereocenters. The normalized spacial score (nSPS) is 16.8. The fourth-order valence-electron chi connectivity index (χ4n) is 2.45. The van der Waals surface area contributed by atoms with Crippen LogP contribution in [-0.2, 0) is 6.42 Å². The lowest BCUT2D eigenvalue weighted by Crippen LogP contribution is -2.42. The number of fused-ring (bicyclic) bond motifs is 1. The van der Waals surface area contributed by atoms with Crippen LogP contribution in [0.2, 0.25) is 0 Å². The fraction of sp³-hybridized carbons (Fsp3) is 0.400. The monoisotopic (exact) mass is 288 g/mol. The van der Waals surface area contributed by atoms with Crippen molar-refractivity contribution in [3.63, 3.8) is 0 Å². The molecule has 1 aliphatic heterocycles. The summed E-state index contributed by atoms with van der Waals surface area (Å²) in [6.45, 7) is 2.80. The number of benzene rings is 1. The van der Waals surface area contributed by atoms with Crippen LogP contribution < -0.4 is 5.73 Å². The summed E-state index contributed by atoms with van der Waals surface area (Å²) in [5.74, 6) is 3.01. The van der Waals surface area contributed by atoms with Gasteiger partial charge in [0.25, 0.3) is 0 Å². The van der Waals surface area contributed by atoms with Gasteiger partial charge in [-0.15, -0.1) is 0 Å². The number of thioether (sulfide) groups is 1. The Labute approximate surface area is 123 Å². The molecule has 1 aromatic heterocycles. The number of nitrogens with zero attached hydrogens (tertiary/aromatic N) is 2. The van der Waals surface area contributed by atoms with Gasteiger partial charge in [0.15, 0.2) is 5.96 Å². The third-order valence-electron chi connectivity index (χ3n) is 3.63. The fourth-order valence-corrected chi connectivity index (χ4v) is 3.35. The lowest BCUT2D eigenvalue weighted by molar-refractivity contribution is 0.456. The zero-order valence-electron chi connectivity index (χ0n) is 11.5. The summed E-state index contributed by atoms with van der Waals surface area (Å²) in [7, 11) is 0. The first-order chi connectivity index (χ1) is 9.83. The third kappa shape index (κ3) is 3.10. The number of aromatic nitrogens is 1. The molecule has 4 nitrogen and oxygen atoms in total. The molecule has 0 radical (unpaired) electrons. The van der Waals surface area contributed by atoms with E-state index in [1.54, 1.807) is 0 Å². The molecule has 5 heteroatoms. The lowest BCUT2D eigenvalue weighted by atomic mass is 10.1. The van der Waals surface area contributed by atoms with Crippen molar-refractivity contribution < 1.29 is 0 Å². The maximum Gasteiger partial charge on any atom is 0.191 e. The Morgan fingerprint density at radius 2 is 2.15 bits per heavy atom. The van der Waals surface area contributed by atoms with Gasteiger partial charge in [-0.2, -0.15) is 11.8 Å². The summed E-state index contributed by atoms with van der Waals surface area (Å²) in [5, 5.41) is 1.26. The van der Waals surface area contributed by atoms with Gasteiger partial charge >= 0.3 is 0 Å². The molecule has 1 aliphatic rings.